The average Bonchev–Trinajstić information content (AvgIpc) is 1.90. The van der Waals surface area contributed by atoms with Gasteiger partial charge in [0, 0.05) is 0 Å². The van der Waals surface area contributed by atoms with E-state index in [9.17, 15) is 0 Å². The first-order valence-corrected chi connectivity index (χ1v) is 2.91. The molecule has 0 spiro atoms. The monoisotopic (exact) mass is 113 g/mol. The molecule has 2 N–H and O–H groups in total. The van der Waals surface area contributed by atoms with E-state index < -0.39 is 0 Å². The average molecular weight is 113 g/mol. The third kappa shape index (κ3) is 1.23. The van der Waals surface area contributed by atoms with E-state index in [1.807, 2.05) is 0 Å². The molecule has 0 aliphatic carbocycles. The Labute approximate surface area is 49.3 Å². The first kappa shape index (κ1) is 5.63. The zero-order valence-corrected chi connectivity index (χ0v) is 4.89. The molecule has 1 fully saturated rings. The molecule has 0 amide bonds. The van der Waals surface area contributed by atoms with Crippen molar-refractivity contribution in [3.63, 3.8) is 0 Å². The molecule has 1 saturated heterocycles. The highest BCUT2D eigenvalue weighted by molar-refractivity contribution is 5.00. The summed E-state index contributed by atoms with van der Waals surface area (Å²) in [6.45, 7) is 1.70. The molecule has 0 atom stereocenters. The number of hydrogen-bond acceptors (Lipinski definition) is 2. The van der Waals surface area contributed by atoms with Crippen LogP contribution in [0, 0.1) is 0 Å². The molecule has 2 heteroatoms. The van der Waals surface area contributed by atoms with E-state index in [1.165, 1.54) is 5.57 Å². The molecule has 0 saturated carbocycles. The SMILES string of the molecule is NC=C1CCOCC1. The van der Waals surface area contributed by atoms with Gasteiger partial charge in [-0.3, -0.25) is 0 Å². The lowest BCUT2D eigenvalue weighted by Gasteiger charge is -2.12. The fraction of sp³-hybridized carbons (Fsp3) is 0.667. The largest absolute Gasteiger partial charge is 0.405 e. The lowest BCUT2D eigenvalue weighted by atomic mass is 10.1. The van der Waals surface area contributed by atoms with E-state index in [0.717, 1.165) is 26.1 Å². The summed E-state index contributed by atoms with van der Waals surface area (Å²) in [5.74, 6) is 0. The molecular formula is C6H11NO. The summed E-state index contributed by atoms with van der Waals surface area (Å²) >= 11 is 0. The van der Waals surface area contributed by atoms with Crippen molar-refractivity contribution in [2.45, 2.75) is 12.8 Å². The lowest BCUT2D eigenvalue weighted by molar-refractivity contribution is 0.119. The molecular weight excluding hydrogens is 102 g/mol. The van der Waals surface area contributed by atoms with E-state index in [1.54, 1.807) is 6.20 Å². The van der Waals surface area contributed by atoms with Crippen molar-refractivity contribution in [3.05, 3.63) is 11.8 Å². The highest BCUT2D eigenvalue weighted by Gasteiger charge is 2.02. The van der Waals surface area contributed by atoms with Crippen molar-refractivity contribution in [2.24, 2.45) is 5.73 Å². The van der Waals surface area contributed by atoms with Crippen molar-refractivity contribution >= 4 is 0 Å². The van der Waals surface area contributed by atoms with Crippen molar-refractivity contribution < 1.29 is 4.74 Å². The summed E-state index contributed by atoms with van der Waals surface area (Å²) < 4.78 is 5.11. The predicted octanol–water partition coefficient (Wildman–Crippen LogP) is 0.639. The van der Waals surface area contributed by atoms with Gasteiger partial charge in [0.2, 0.25) is 0 Å². The standard InChI is InChI=1S/C6H11NO/c7-5-6-1-3-8-4-2-6/h5H,1-4,7H2. The second-order valence-corrected chi connectivity index (χ2v) is 1.94. The Bertz CT molecular complexity index is 90.7. The molecule has 2 nitrogen and oxygen atoms in total. The Morgan fingerprint density at radius 2 is 2.00 bits per heavy atom. The van der Waals surface area contributed by atoms with Crippen LogP contribution in [0.1, 0.15) is 12.8 Å². The minimum atomic E-state index is 0.850. The maximum absolute atomic E-state index is 5.29. The second-order valence-electron chi connectivity index (χ2n) is 1.94. The Balaban J connectivity index is 2.33. The van der Waals surface area contributed by atoms with Crippen molar-refractivity contribution in [2.75, 3.05) is 13.2 Å². The zero-order valence-electron chi connectivity index (χ0n) is 4.89. The summed E-state index contributed by atoms with van der Waals surface area (Å²) in [5.41, 5.74) is 6.62. The van der Waals surface area contributed by atoms with Gasteiger partial charge >= 0.3 is 0 Å². The summed E-state index contributed by atoms with van der Waals surface area (Å²) in [7, 11) is 0. The van der Waals surface area contributed by atoms with Crippen LogP contribution in [0.2, 0.25) is 0 Å². The molecule has 0 radical (unpaired) electrons. The van der Waals surface area contributed by atoms with Crippen LogP contribution >= 0.6 is 0 Å². The van der Waals surface area contributed by atoms with Gasteiger partial charge in [-0.1, -0.05) is 5.57 Å². The van der Waals surface area contributed by atoms with E-state index >= 15 is 0 Å². The molecule has 46 valence electrons. The van der Waals surface area contributed by atoms with Crippen molar-refractivity contribution in [1.29, 1.82) is 0 Å². The third-order valence-electron chi connectivity index (χ3n) is 1.37. The maximum Gasteiger partial charge on any atom is 0.0504 e. The van der Waals surface area contributed by atoms with Gasteiger partial charge in [-0.05, 0) is 19.0 Å². The minimum absolute atomic E-state index is 0.850. The van der Waals surface area contributed by atoms with E-state index in [0.29, 0.717) is 0 Å². The van der Waals surface area contributed by atoms with E-state index in [2.05, 4.69) is 0 Å². The Hall–Kier alpha value is -0.500. The molecule has 1 aliphatic heterocycles. The molecule has 1 heterocycles. The van der Waals surface area contributed by atoms with Crippen LogP contribution in [0.3, 0.4) is 0 Å². The van der Waals surface area contributed by atoms with Gasteiger partial charge < -0.3 is 10.5 Å². The van der Waals surface area contributed by atoms with Gasteiger partial charge in [0.15, 0.2) is 0 Å². The third-order valence-corrected chi connectivity index (χ3v) is 1.37. The van der Waals surface area contributed by atoms with Crippen molar-refractivity contribution in [1.82, 2.24) is 0 Å². The molecule has 0 aromatic heterocycles. The van der Waals surface area contributed by atoms with Gasteiger partial charge in [-0.25, -0.2) is 0 Å². The minimum Gasteiger partial charge on any atom is -0.405 e. The number of rotatable bonds is 0. The Morgan fingerprint density at radius 3 is 2.38 bits per heavy atom. The van der Waals surface area contributed by atoms with Crippen LogP contribution in [0.5, 0.6) is 0 Å². The van der Waals surface area contributed by atoms with E-state index in [4.69, 9.17) is 10.5 Å². The smallest absolute Gasteiger partial charge is 0.0504 e. The fourth-order valence-corrected chi connectivity index (χ4v) is 0.800. The topological polar surface area (TPSA) is 35.2 Å². The zero-order chi connectivity index (χ0) is 5.82. The van der Waals surface area contributed by atoms with Gasteiger partial charge in [0.05, 0.1) is 13.2 Å². The van der Waals surface area contributed by atoms with E-state index in [-0.39, 0.29) is 0 Å². The number of ether oxygens (including phenoxy) is 1. The van der Waals surface area contributed by atoms with Crippen LogP contribution in [0.4, 0.5) is 0 Å². The predicted molar refractivity (Wildman–Crippen MR) is 32.3 cm³/mol. The van der Waals surface area contributed by atoms with Crippen molar-refractivity contribution in [3.8, 4) is 0 Å². The van der Waals surface area contributed by atoms with Gasteiger partial charge in [0.25, 0.3) is 0 Å². The quantitative estimate of drug-likeness (QED) is 0.500. The van der Waals surface area contributed by atoms with Gasteiger partial charge in [-0.2, -0.15) is 0 Å². The number of hydrogen-bond donors (Lipinski definition) is 1. The van der Waals surface area contributed by atoms with Crippen LogP contribution in [-0.2, 0) is 4.74 Å². The second kappa shape index (κ2) is 2.72. The first-order valence-electron chi connectivity index (χ1n) is 2.91. The summed E-state index contributed by atoms with van der Waals surface area (Å²) in [6.07, 6.45) is 3.75. The lowest BCUT2D eigenvalue weighted by Crippen LogP contribution is -2.08. The number of nitrogens with two attached hydrogens (primary N) is 1. The molecule has 0 bridgehead atoms. The molecule has 1 aliphatic rings. The molecule has 1 rings (SSSR count). The van der Waals surface area contributed by atoms with Gasteiger partial charge in [-0.15, -0.1) is 0 Å². The highest BCUT2D eigenvalue weighted by Crippen LogP contribution is 2.10. The summed E-state index contributed by atoms with van der Waals surface area (Å²) in [4.78, 5) is 0. The molecule has 8 heavy (non-hydrogen) atoms. The van der Waals surface area contributed by atoms with Gasteiger partial charge in [0.1, 0.15) is 0 Å². The van der Waals surface area contributed by atoms with Crippen LogP contribution in [-0.4, -0.2) is 13.2 Å². The van der Waals surface area contributed by atoms with Crippen LogP contribution in [0.15, 0.2) is 11.8 Å². The molecule has 0 aromatic carbocycles. The van der Waals surface area contributed by atoms with Crippen LogP contribution < -0.4 is 5.73 Å². The maximum atomic E-state index is 5.29. The highest BCUT2D eigenvalue weighted by atomic mass is 16.5. The summed E-state index contributed by atoms with van der Waals surface area (Å²) in [5, 5.41) is 0. The van der Waals surface area contributed by atoms with Crippen LogP contribution in [0.25, 0.3) is 0 Å². The normalized spacial score (nSPS) is 20.8. The summed E-state index contributed by atoms with van der Waals surface area (Å²) in [6, 6.07) is 0. The fourth-order valence-electron chi connectivity index (χ4n) is 0.800. The first-order chi connectivity index (χ1) is 3.93. The Morgan fingerprint density at radius 1 is 1.38 bits per heavy atom. The Kier molecular flexibility index (Phi) is 1.92. The molecule has 0 unspecified atom stereocenters. The molecule has 0 aromatic rings.